The zero-order chi connectivity index (χ0) is 23.7. The molecular formula is C24H18N6O4. The molecule has 0 saturated heterocycles. The van der Waals surface area contributed by atoms with Gasteiger partial charge in [-0.15, -0.1) is 0 Å². The molecule has 5 rings (SSSR count). The lowest BCUT2D eigenvalue weighted by Crippen LogP contribution is -2.37. The van der Waals surface area contributed by atoms with Crippen LogP contribution in [0.3, 0.4) is 0 Å². The zero-order valence-electron chi connectivity index (χ0n) is 18.0. The van der Waals surface area contributed by atoms with Crippen molar-refractivity contribution in [2.24, 2.45) is 0 Å². The topological polar surface area (TPSA) is 119 Å². The quantitative estimate of drug-likeness (QED) is 0.445. The molecule has 10 heteroatoms. The van der Waals surface area contributed by atoms with E-state index in [-0.39, 0.29) is 6.54 Å². The Morgan fingerprint density at radius 3 is 2.35 bits per heavy atom. The Bertz CT molecular complexity index is 1360. The molecule has 0 fully saturated rings. The number of aryl methyl sites for hydroxylation is 1. The van der Waals surface area contributed by atoms with Gasteiger partial charge in [0, 0.05) is 24.1 Å². The summed E-state index contributed by atoms with van der Waals surface area (Å²) >= 11 is 0. The van der Waals surface area contributed by atoms with Gasteiger partial charge in [-0.25, -0.2) is 9.97 Å². The van der Waals surface area contributed by atoms with Gasteiger partial charge in [0.25, 0.3) is 11.8 Å². The van der Waals surface area contributed by atoms with E-state index in [0.717, 1.165) is 4.90 Å². The summed E-state index contributed by atoms with van der Waals surface area (Å²) < 4.78 is 7.58. The van der Waals surface area contributed by atoms with Crippen LogP contribution in [0.1, 0.15) is 26.5 Å². The number of hydrogen-bond acceptors (Lipinski definition) is 7. The van der Waals surface area contributed by atoms with Gasteiger partial charge in [-0.1, -0.05) is 12.1 Å². The zero-order valence-corrected chi connectivity index (χ0v) is 18.0. The van der Waals surface area contributed by atoms with Crippen LogP contribution in [0.15, 0.2) is 73.3 Å². The summed E-state index contributed by atoms with van der Waals surface area (Å²) in [6.45, 7) is 1.39. The maximum Gasteiger partial charge on any atom is 0.262 e. The van der Waals surface area contributed by atoms with Gasteiger partial charge in [0.15, 0.2) is 0 Å². The molecule has 2 aromatic carbocycles. The number of imide groups is 1. The Labute approximate surface area is 193 Å². The Kier molecular flexibility index (Phi) is 5.30. The van der Waals surface area contributed by atoms with E-state index in [1.54, 1.807) is 84.8 Å². The minimum atomic E-state index is -0.487. The molecule has 1 aliphatic heterocycles. The van der Waals surface area contributed by atoms with Crippen LogP contribution in [0.5, 0.6) is 11.6 Å². The van der Waals surface area contributed by atoms with E-state index in [1.165, 1.54) is 0 Å². The number of benzene rings is 2. The smallest absolute Gasteiger partial charge is 0.262 e. The minimum absolute atomic E-state index is 0.304. The summed E-state index contributed by atoms with van der Waals surface area (Å²) in [7, 11) is 0. The molecule has 34 heavy (non-hydrogen) atoms. The van der Waals surface area contributed by atoms with Crippen LogP contribution in [0.4, 0.5) is 5.69 Å². The van der Waals surface area contributed by atoms with E-state index in [1.807, 2.05) is 0 Å². The standard InChI is InChI=1S/C24H18N6O4/c1-15-26-20(29-11-10-25-14-29)12-22(27-15)34-17-8-6-16(7-9-17)28-21(31)13-30-23(32)18-4-2-3-5-19(18)24(30)33/h2-12,14H,13H2,1H3,(H,28,31). The van der Waals surface area contributed by atoms with Crippen LogP contribution in [-0.4, -0.2) is 48.7 Å². The molecule has 1 aliphatic rings. The second-order valence-corrected chi connectivity index (χ2v) is 7.50. The number of rotatable bonds is 6. The van der Waals surface area contributed by atoms with Gasteiger partial charge in [0.2, 0.25) is 11.8 Å². The van der Waals surface area contributed by atoms with Crippen LogP contribution < -0.4 is 10.1 Å². The van der Waals surface area contributed by atoms with E-state index in [9.17, 15) is 14.4 Å². The Morgan fingerprint density at radius 2 is 1.71 bits per heavy atom. The largest absolute Gasteiger partial charge is 0.439 e. The number of fused-ring (bicyclic) bond motifs is 1. The first-order valence-corrected chi connectivity index (χ1v) is 10.3. The SMILES string of the molecule is Cc1nc(Oc2ccc(NC(=O)CN3C(=O)c4ccccc4C3=O)cc2)cc(-n2ccnc2)n1. The van der Waals surface area contributed by atoms with Gasteiger partial charge in [-0.05, 0) is 43.3 Å². The summed E-state index contributed by atoms with van der Waals surface area (Å²) in [5.41, 5.74) is 1.10. The van der Waals surface area contributed by atoms with Crippen LogP contribution >= 0.6 is 0 Å². The third kappa shape index (κ3) is 4.11. The second-order valence-electron chi connectivity index (χ2n) is 7.50. The van der Waals surface area contributed by atoms with Crippen molar-refractivity contribution in [3.8, 4) is 17.4 Å². The van der Waals surface area contributed by atoms with Crippen molar-refractivity contribution in [1.29, 1.82) is 0 Å². The second kappa shape index (κ2) is 8.58. The summed E-state index contributed by atoms with van der Waals surface area (Å²) in [4.78, 5) is 50.9. The van der Waals surface area contributed by atoms with Crippen LogP contribution in [0, 0.1) is 6.92 Å². The number of ether oxygens (including phenoxy) is 1. The molecule has 0 bridgehead atoms. The molecule has 0 saturated carbocycles. The average molecular weight is 454 g/mol. The third-order valence-electron chi connectivity index (χ3n) is 5.11. The predicted molar refractivity (Wildman–Crippen MR) is 121 cm³/mol. The Balaban J connectivity index is 1.23. The first kappa shape index (κ1) is 21.0. The maximum absolute atomic E-state index is 12.5. The highest BCUT2D eigenvalue weighted by Crippen LogP contribution is 2.24. The van der Waals surface area contributed by atoms with Gasteiger partial charge in [-0.3, -0.25) is 23.9 Å². The van der Waals surface area contributed by atoms with Crippen LogP contribution in [-0.2, 0) is 4.79 Å². The highest BCUT2D eigenvalue weighted by atomic mass is 16.5. The fourth-order valence-corrected chi connectivity index (χ4v) is 3.56. The van der Waals surface area contributed by atoms with Gasteiger partial charge < -0.3 is 10.1 Å². The number of carbonyl (C=O) groups is 3. The molecule has 3 amide bonds. The molecule has 4 aromatic rings. The van der Waals surface area contributed by atoms with Gasteiger partial charge in [-0.2, -0.15) is 4.98 Å². The molecule has 0 radical (unpaired) electrons. The van der Waals surface area contributed by atoms with Crippen molar-refractivity contribution in [1.82, 2.24) is 24.4 Å². The number of hydrogen-bond donors (Lipinski definition) is 1. The minimum Gasteiger partial charge on any atom is -0.439 e. The van der Waals surface area contributed by atoms with Gasteiger partial charge in [0.05, 0.1) is 11.1 Å². The van der Waals surface area contributed by atoms with Gasteiger partial charge in [0.1, 0.15) is 30.3 Å². The molecule has 2 aromatic heterocycles. The van der Waals surface area contributed by atoms with E-state index in [2.05, 4.69) is 20.3 Å². The number of anilines is 1. The first-order chi connectivity index (χ1) is 16.5. The molecule has 10 nitrogen and oxygen atoms in total. The van der Waals surface area contributed by atoms with E-state index < -0.39 is 17.7 Å². The molecule has 0 aliphatic carbocycles. The lowest BCUT2D eigenvalue weighted by atomic mass is 10.1. The van der Waals surface area contributed by atoms with E-state index in [0.29, 0.717) is 40.1 Å². The summed E-state index contributed by atoms with van der Waals surface area (Å²) in [6.07, 6.45) is 5.05. The Morgan fingerprint density at radius 1 is 1.00 bits per heavy atom. The normalized spacial score (nSPS) is 12.6. The van der Waals surface area contributed by atoms with Crippen molar-refractivity contribution >= 4 is 23.4 Å². The highest BCUT2D eigenvalue weighted by molar-refractivity contribution is 6.22. The molecular weight excluding hydrogens is 436 g/mol. The molecule has 0 atom stereocenters. The number of aromatic nitrogens is 4. The summed E-state index contributed by atoms with van der Waals surface area (Å²) in [6, 6.07) is 14.8. The third-order valence-corrected chi connectivity index (χ3v) is 5.11. The molecule has 0 spiro atoms. The molecule has 3 heterocycles. The highest BCUT2D eigenvalue weighted by Gasteiger charge is 2.36. The molecule has 168 valence electrons. The first-order valence-electron chi connectivity index (χ1n) is 10.3. The molecule has 1 N–H and O–H groups in total. The maximum atomic E-state index is 12.5. The van der Waals surface area contributed by atoms with Crippen molar-refractivity contribution in [3.63, 3.8) is 0 Å². The number of carbonyl (C=O) groups excluding carboxylic acids is 3. The monoisotopic (exact) mass is 454 g/mol. The lowest BCUT2D eigenvalue weighted by molar-refractivity contribution is -0.116. The van der Waals surface area contributed by atoms with Crippen molar-refractivity contribution in [2.75, 3.05) is 11.9 Å². The number of nitrogens with one attached hydrogen (secondary N) is 1. The predicted octanol–water partition coefficient (Wildman–Crippen LogP) is 3.00. The van der Waals surface area contributed by atoms with E-state index in [4.69, 9.17) is 4.74 Å². The fourth-order valence-electron chi connectivity index (χ4n) is 3.56. The fraction of sp³-hybridized carbons (Fsp3) is 0.0833. The van der Waals surface area contributed by atoms with E-state index >= 15 is 0 Å². The van der Waals surface area contributed by atoms with Crippen molar-refractivity contribution in [3.05, 3.63) is 90.3 Å². The lowest BCUT2D eigenvalue weighted by Gasteiger charge is -2.14. The van der Waals surface area contributed by atoms with Crippen LogP contribution in [0.25, 0.3) is 5.82 Å². The summed E-state index contributed by atoms with van der Waals surface area (Å²) in [5, 5.41) is 2.69. The van der Waals surface area contributed by atoms with Crippen LogP contribution in [0.2, 0.25) is 0 Å². The molecule has 0 unspecified atom stereocenters. The average Bonchev–Trinajstić information content (AvgIpc) is 3.45. The van der Waals surface area contributed by atoms with Crippen molar-refractivity contribution in [2.45, 2.75) is 6.92 Å². The summed E-state index contributed by atoms with van der Waals surface area (Å²) in [5.74, 6) is 0.589. The number of amides is 3. The Hall–Kier alpha value is -4.86. The number of imidazole rings is 1. The number of nitrogens with zero attached hydrogens (tertiary/aromatic N) is 5. The van der Waals surface area contributed by atoms with Gasteiger partial charge >= 0.3 is 0 Å². The van der Waals surface area contributed by atoms with Crippen molar-refractivity contribution < 1.29 is 19.1 Å².